The van der Waals surface area contributed by atoms with Gasteiger partial charge in [-0.3, -0.25) is 0 Å². The molecule has 0 radical (unpaired) electrons. The van der Waals surface area contributed by atoms with Crippen LogP contribution in [-0.2, 0) is 0 Å². The average molecular weight is 224 g/mol. The van der Waals surface area contributed by atoms with Gasteiger partial charge in [0.25, 0.3) is 0 Å². The van der Waals surface area contributed by atoms with E-state index in [9.17, 15) is 0 Å². The largest absolute Gasteiger partial charge is 0.314 e. The summed E-state index contributed by atoms with van der Waals surface area (Å²) in [7, 11) is 0. The van der Waals surface area contributed by atoms with Gasteiger partial charge < -0.3 is 10.2 Å². The van der Waals surface area contributed by atoms with Gasteiger partial charge in [0.2, 0.25) is 0 Å². The van der Waals surface area contributed by atoms with Crippen molar-refractivity contribution in [1.29, 1.82) is 0 Å². The third kappa shape index (κ3) is 3.46. The van der Waals surface area contributed by atoms with Gasteiger partial charge >= 0.3 is 0 Å². The van der Waals surface area contributed by atoms with Gasteiger partial charge in [0.15, 0.2) is 0 Å². The summed E-state index contributed by atoms with van der Waals surface area (Å²) in [4.78, 5) is 2.78. The zero-order valence-electron chi connectivity index (χ0n) is 10.9. The standard InChI is InChI=1S/C14H28N2/c1-2-15-13-9-11-16(12-10-13)14-7-5-3-4-6-8-14/h13-15H,2-12H2,1H3. The smallest absolute Gasteiger partial charge is 0.00952 e. The third-order valence-corrected chi connectivity index (χ3v) is 4.36. The molecule has 1 heterocycles. The third-order valence-electron chi connectivity index (χ3n) is 4.36. The summed E-state index contributed by atoms with van der Waals surface area (Å²) >= 11 is 0. The van der Waals surface area contributed by atoms with Gasteiger partial charge in [-0.05, 0) is 45.3 Å². The Bertz CT molecular complexity index is 177. The fourth-order valence-corrected chi connectivity index (χ4v) is 3.38. The molecule has 1 aliphatic heterocycles. The number of nitrogens with zero attached hydrogens (tertiary/aromatic N) is 1. The van der Waals surface area contributed by atoms with Crippen molar-refractivity contribution < 1.29 is 0 Å². The number of piperidine rings is 1. The lowest BCUT2D eigenvalue weighted by Gasteiger charge is -2.37. The molecule has 1 N–H and O–H groups in total. The van der Waals surface area contributed by atoms with Crippen molar-refractivity contribution in [3.05, 3.63) is 0 Å². The normalized spacial score (nSPS) is 26.8. The quantitative estimate of drug-likeness (QED) is 0.742. The van der Waals surface area contributed by atoms with Crippen molar-refractivity contribution >= 4 is 0 Å². The van der Waals surface area contributed by atoms with E-state index in [2.05, 4.69) is 17.1 Å². The van der Waals surface area contributed by atoms with Crippen molar-refractivity contribution in [3.63, 3.8) is 0 Å². The van der Waals surface area contributed by atoms with Crippen LogP contribution in [0.5, 0.6) is 0 Å². The molecular weight excluding hydrogens is 196 g/mol. The molecule has 2 nitrogen and oxygen atoms in total. The molecule has 0 amide bonds. The fraction of sp³-hybridized carbons (Fsp3) is 1.00. The first kappa shape index (κ1) is 12.4. The number of likely N-dealkylation sites (tertiary alicyclic amines) is 1. The molecule has 2 rings (SSSR count). The lowest BCUT2D eigenvalue weighted by molar-refractivity contribution is 0.132. The molecule has 1 saturated carbocycles. The highest BCUT2D eigenvalue weighted by atomic mass is 15.2. The lowest BCUT2D eigenvalue weighted by Crippen LogP contribution is -2.46. The maximum absolute atomic E-state index is 3.59. The first-order chi connectivity index (χ1) is 7.90. The molecule has 1 saturated heterocycles. The minimum atomic E-state index is 0.798. The van der Waals surface area contributed by atoms with E-state index in [1.807, 2.05) is 0 Å². The van der Waals surface area contributed by atoms with Crippen LogP contribution in [0.1, 0.15) is 58.3 Å². The molecule has 0 unspecified atom stereocenters. The Hall–Kier alpha value is -0.0800. The number of hydrogen-bond acceptors (Lipinski definition) is 2. The Morgan fingerprint density at radius 2 is 1.56 bits per heavy atom. The topological polar surface area (TPSA) is 15.3 Å². The summed E-state index contributed by atoms with van der Waals surface area (Å²) in [5, 5.41) is 3.59. The summed E-state index contributed by atoms with van der Waals surface area (Å²) in [5.74, 6) is 0. The summed E-state index contributed by atoms with van der Waals surface area (Å²) in [6.07, 6.45) is 11.6. The molecule has 0 bridgehead atoms. The zero-order chi connectivity index (χ0) is 11.2. The van der Waals surface area contributed by atoms with E-state index in [0.29, 0.717) is 0 Å². The molecule has 2 aliphatic rings. The Morgan fingerprint density at radius 1 is 0.938 bits per heavy atom. The van der Waals surface area contributed by atoms with Crippen LogP contribution < -0.4 is 5.32 Å². The van der Waals surface area contributed by atoms with Crippen LogP contribution in [0.25, 0.3) is 0 Å². The lowest BCUT2D eigenvalue weighted by atomic mass is 10.00. The molecular formula is C14H28N2. The van der Waals surface area contributed by atoms with Crippen molar-refractivity contribution in [2.75, 3.05) is 19.6 Å². The SMILES string of the molecule is CCNC1CCN(C2CCCCCC2)CC1. The molecule has 2 heteroatoms. The summed E-state index contributed by atoms with van der Waals surface area (Å²) < 4.78 is 0. The Morgan fingerprint density at radius 3 is 2.12 bits per heavy atom. The second-order valence-electron chi connectivity index (χ2n) is 5.51. The van der Waals surface area contributed by atoms with E-state index in [1.165, 1.54) is 64.5 Å². The van der Waals surface area contributed by atoms with Crippen LogP contribution in [0.4, 0.5) is 0 Å². The van der Waals surface area contributed by atoms with Crippen molar-refractivity contribution in [2.24, 2.45) is 0 Å². The zero-order valence-corrected chi connectivity index (χ0v) is 10.9. The van der Waals surface area contributed by atoms with Gasteiger partial charge in [-0.1, -0.05) is 32.6 Å². The molecule has 0 spiro atoms. The molecule has 1 aliphatic carbocycles. The predicted octanol–water partition coefficient (Wildman–Crippen LogP) is 2.78. The van der Waals surface area contributed by atoms with E-state index < -0.39 is 0 Å². The first-order valence-electron chi connectivity index (χ1n) is 7.37. The Balaban J connectivity index is 1.74. The second kappa shape index (κ2) is 6.61. The minimum Gasteiger partial charge on any atom is -0.314 e. The van der Waals surface area contributed by atoms with Gasteiger partial charge in [-0.25, -0.2) is 0 Å². The number of hydrogen-bond donors (Lipinski definition) is 1. The van der Waals surface area contributed by atoms with Crippen LogP contribution in [0.15, 0.2) is 0 Å². The fourth-order valence-electron chi connectivity index (χ4n) is 3.38. The van der Waals surface area contributed by atoms with E-state index in [1.54, 1.807) is 0 Å². The second-order valence-corrected chi connectivity index (χ2v) is 5.51. The number of nitrogens with one attached hydrogen (secondary N) is 1. The van der Waals surface area contributed by atoms with Gasteiger partial charge in [0.1, 0.15) is 0 Å². The average Bonchev–Trinajstić information content (AvgIpc) is 2.59. The van der Waals surface area contributed by atoms with E-state index in [4.69, 9.17) is 0 Å². The van der Waals surface area contributed by atoms with Gasteiger partial charge in [-0.2, -0.15) is 0 Å². The first-order valence-corrected chi connectivity index (χ1v) is 7.37. The summed E-state index contributed by atoms with van der Waals surface area (Å²) in [5.41, 5.74) is 0. The van der Waals surface area contributed by atoms with Gasteiger partial charge in [0.05, 0.1) is 0 Å². The molecule has 0 aromatic rings. The van der Waals surface area contributed by atoms with Gasteiger partial charge in [-0.15, -0.1) is 0 Å². The van der Waals surface area contributed by atoms with Crippen molar-refractivity contribution in [1.82, 2.24) is 10.2 Å². The van der Waals surface area contributed by atoms with Crippen LogP contribution >= 0.6 is 0 Å². The highest BCUT2D eigenvalue weighted by Gasteiger charge is 2.24. The highest BCUT2D eigenvalue weighted by molar-refractivity contribution is 4.82. The highest BCUT2D eigenvalue weighted by Crippen LogP contribution is 2.24. The molecule has 94 valence electrons. The van der Waals surface area contributed by atoms with Crippen LogP contribution in [0.2, 0.25) is 0 Å². The van der Waals surface area contributed by atoms with E-state index >= 15 is 0 Å². The van der Waals surface area contributed by atoms with Crippen LogP contribution in [0.3, 0.4) is 0 Å². The van der Waals surface area contributed by atoms with Crippen molar-refractivity contribution in [2.45, 2.75) is 70.4 Å². The van der Waals surface area contributed by atoms with Crippen LogP contribution in [-0.4, -0.2) is 36.6 Å². The monoisotopic (exact) mass is 224 g/mol. The maximum atomic E-state index is 3.59. The van der Waals surface area contributed by atoms with Gasteiger partial charge in [0, 0.05) is 12.1 Å². The Labute approximate surface area is 101 Å². The maximum Gasteiger partial charge on any atom is 0.00952 e. The van der Waals surface area contributed by atoms with E-state index in [-0.39, 0.29) is 0 Å². The van der Waals surface area contributed by atoms with Crippen molar-refractivity contribution in [3.8, 4) is 0 Å². The van der Waals surface area contributed by atoms with Crippen LogP contribution in [0, 0.1) is 0 Å². The Kier molecular flexibility index (Phi) is 5.11. The molecule has 0 atom stereocenters. The summed E-state index contributed by atoms with van der Waals surface area (Å²) in [6.45, 7) is 6.02. The molecule has 2 fully saturated rings. The molecule has 0 aromatic carbocycles. The summed E-state index contributed by atoms with van der Waals surface area (Å²) in [6, 6.07) is 1.72. The number of rotatable bonds is 3. The minimum absolute atomic E-state index is 0.798. The molecule has 0 aromatic heterocycles. The predicted molar refractivity (Wildman–Crippen MR) is 69.8 cm³/mol. The molecule has 16 heavy (non-hydrogen) atoms. The van der Waals surface area contributed by atoms with E-state index in [0.717, 1.165) is 18.6 Å².